The van der Waals surface area contributed by atoms with Crippen LogP contribution in [0.5, 0.6) is 5.75 Å². The molecule has 1 aromatic rings. The van der Waals surface area contributed by atoms with Crippen molar-refractivity contribution in [3.8, 4) is 5.75 Å². The lowest BCUT2D eigenvalue weighted by Crippen LogP contribution is -2.33. The number of benzene rings is 1. The summed E-state index contributed by atoms with van der Waals surface area (Å²) in [5, 5.41) is 3.71. The van der Waals surface area contributed by atoms with Crippen molar-refractivity contribution in [2.24, 2.45) is 0 Å². The third kappa shape index (κ3) is 3.03. The summed E-state index contributed by atoms with van der Waals surface area (Å²) < 4.78 is 5.18. The molecule has 3 unspecified atom stereocenters. The number of methoxy groups -OCH3 is 1. The van der Waals surface area contributed by atoms with Crippen molar-refractivity contribution < 1.29 is 4.74 Å². The van der Waals surface area contributed by atoms with E-state index in [-0.39, 0.29) is 0 Å². The van der Waals surface area contributed by atoms with Crippen LogP contribution in [0.15, 0.2) is 24.3 Å². The Kier molecular flexibility index (Phi) is 4.25. The van der Waals surface area contributed by atoms with Gasteiger partial charge >= 0.3 is 0 Å². The number of hydrogen-bond donors (Lipinski definition) is 1. The van der Waals surface area contributed by atoms with Gasteiger partial charge in [0.2, 0.25) is 0 Å². The van der Waals surface area contributed by atoms with Gasteiger partial charge in [-0.3, -0.25) is 0 Å². The van der Waals surface area contributed by atoms with Crippen molar-refractivity contribution in [2.45, 2.75) is 38.4 Å². The zero-order valence-corrected chi connectivity index (χ0v) is 11.8. The number of ether oxygens (including phenoxy) is 1. The Bertz CT molecular complexity index is 367. The molecule has 1 saturated heterocycles. The molecule has 0 amide bonds. The molecule has 1 heterocycles. The Morgan fingerprint density at radius 2 is 2.00 bits per heavy atom. The summed E-state index contributed by atoms with van der Waals surface area (Å²) in [6.45, 7) is 5.66. The molecule has 2 rings (SSSR count). The van der Waals surface area contributed by atoms with Gasteiger partial charge in [-0.2, -0.15) is 0 Å². The quantitative estimate of drug-likeness (QED) is 0.885. The molecule has 1 aromatic carbocycles. The lowest BCUT2D eigenvalue weighted by atomic mass is 10.1. The van der Waals surface area contributed by atoms with E-state index < -0.39 is 0 Å². The summed E-state index contributed by atoms with van der Waals surface area (Å²) in [4.78, 5) is 2.42. The molecule has 1 N–H and O–H groups in total. The normalized spacial score (nSPS) is 26.2. The third-order valence-electron chi connectivity index (χ3n) is 3.99. The van der Waals surface area contributed by atoms with E-state index in [4.69, 9.17) is 4.74 Å². The maximum atomic E-state index is 5.18. The fourth-order valence-corrected chi connectivity index (χ4v) is 2.66. The van der Waals surface area contributed by atoms with Crippen LogP contribution in [0.4, 0.5) is 0 Å². The number of rotatable bonds is 4. The van der Waals surface area contributed by atoms with Crippen molar-refractivity contribution in [1.29, 1.82) is 0 Å². The topological polar surface area (TPSA) is 24.5 Å². The Labute approximate surface area is 110 Å². The maximum Gasteiger partial charge on any atom is 0.118 e. The molecule has 1 aliphatic rings. The summed E-state index contributed by atoms with van der Waals surface area (Å²) in [5.41, 5.74) is 1.32. The molecule has 1 aliphatic heterocycles. The second-order valence-electron chi connectivity index (χ2n) is 5.38. The summed E-state index contributed by atoms with van der Waals surface area (Å²) in [7, 11) is 3.90. The van der Waals surface area contributed by atoms with Crippen LogP contribution in [0.1, 0.15) is 31.9 Å². The van der Waals surface area contributed by atoms with Gasteiger partial charge in [0.05, 0.1) is 7.11 Å². The zero-order valence-electron chi connectivity index (χ0n) is 11.8. The highest BCUT2D eigenvalue weighted by Crippen LogP contribution is 2.21. The molecule has 3 nitrogen and oxygen atoms in total. The molecule has 18 heavy (non-hydrogen) atoms. The maximum absolute atomic E-state index is 5.18. The first-order valence-corrected chi connectivity index (χ1v) is 6.70. The summed E-state index contributed by atoms with van der Waals surface area (Å²) in [5.74, 6) is 0.917. The molecule has 0 bridgehead atoms. The highest BCUT2D eigenvalue weighted by molar-refractivity contribution is 5.28. The highest BCUT2D eigenvalue weighted by Gasteiger charge is 2.26. The van der Waals surface area contributed by atoms with Crippen LogP contribution in [0.2, 0.25) is 0 Å². The molecule has 0 spiro atoms. The minimum absolute atomic E-state index is 0.389. The molecule has 3 atom stereocenters. The first-order chi connectivity index (χ1) is 8.60. The first kappa shape index (κ1) is 13.4. The molecular weight excluding hydrogens is 224 g/mol. The van der Waals surface area contributed by atoms with E-state index in [1.807, 2.05) is 12.1 Å². The van der Waals surface area contributed by atoms with E-state index in [1.54, 1.807) is 7.11 Å². The first-order valence-electron chi connectivity index (χ1n) is 6.70. The monoisotopic (exact) mass is 248 g/mol. The van der Waals surface area contributed by atoms with Crippen LogP contribution in [-0.4, -0.2) is 37.7 Å². The molecule has 1 fully saturated rings. The average molecular weight is 248 g/mol. The highest BCUT2D eigenvalue weighted by atomic mass is 16.5. The van der Waals surface area contributed by atoms with Crippen molar-refractivity contribution in [1.82, 2.24) is 10.2 Å². The molecule has 0 aliphatic carbocycles. The van der Waals surface area contributed by atoms with E-state index in [0.717, 1.165) is 12.3 Å². The van der Waals surface area contributed by atoms with Crippen LogP contribution in [-0.2, 0) is 0 Å². The Morgan fingerprint density at radius 1 is 1.33 bits per heavy atom. The van der Waals surface area contributed by atoms with E-state index in [1.165, 1.54) is 12.0 Å². The van der Waals surface area contributed by atoms with Crippen LogP contribution >= 0.6 is 0 Å². The van der Waals surface area contributed by atoms with Crippen molar-refractivity contribution >= 4 is 0 Å². The van der Waals surface area contributed by atoms with E-state index in [2.05, 4.69) is 43.2 Å². The van der Waals surface area contributed by atoms with Crippen molar-refractivity contribution in [2.75, 3.05) is 20.7 Å². The van der Waals surface area contributed by atoms with Gasteiger partial charge < -0.3 is 15.0 Å². The van der Waals surface area contributed by atoms with Crippen LogP contribution in [0.25, 0.3) is 0 Å². The summed E-state index contributed by atoms with van der Waals surface area (Å²) in [6, 6.07) is 10.00. The van der Waals surface area contributed by atoms with Gasteiger partial charge in [-0.25, -0.2) is 0 Å². The second kappa shape index (κ2) is 5.72. The van der Waals surface area contributed by atoms with E-state index in [0.29, 0.717) is 18.1 Å². The van der Waals surface area contributed by atoms with E-state index >= 15 is 0 Å². The summed E-state index contributed by atoms with van der Waals surface area (Å²) >= 11 is 0. The van der Waals surface area contributed by atoms with Gasteiger partial charge in [0.1, 0.15) is 5.75 Å². The molecule has 100 valence electrons. The minimum Gasteiger partial charge on any atom is -0.497 e. The van der Waals surface area contributed by atoms with Crippen molar-refractivity contribution in [3.05, 3.63) is 29.8 Å². The number of nitrogens with one attached hydrogen (secondary N) is 1. The molecule has 0 radical (unpaired) electrons. The average Bonchev–Trinajstić information content (AvgIpc) is 2.68. The number of likely N-dealkylation sites (N-methyl/N-ethyl adjacent to an activating group) is 1. The largest absolute Gasteiger partial charge is 0.497 e. The molecule has 3 heteroatoms. The van der Waals surface area contributed by atoms with E-state index in [9.17, 15) is 0 Å². The number of likely N-dealkylation sites (tertiary alicyclic amines) is 1. The Balaban J connectivity index is 1.93. The number of nitrogens with zero attached hydrogens (tertiary/aromatic N) is 1. The zero-order chi connectivity index (χ0) is 13.1. The van der Waals surface area contributed by atoms with Gasteiger partial charge in [0, 0.05) is 24.7 Å². The predicted octanol–water partition coefficient (Wildman–Crippen LogP) is 2.44. The molecule has 0 saturated carbocycles. The second-order valence-corrected chi connectivity index (χ2v) is 5.38. The van der Waals surface area contributed by atoms with Gasteiger partial charge in [-0.15, -0.1) is 0 Å². The van der Waals surface area contributed by atoms with Gasteiger partial charge in [-0.1, -0.05) is 12.1 Å². The third-order valence-corrected chi connectivity index (χ3v) is 3.99. The predicted molar refractivity (Wildman–Crippen MR) is 75.0 cm³/mol. The minimum atomic E-state index is 0.389. The lowest BCUT2D eigenvalue weighted by molar-refractivity contribution is 0.325. The van der Waals surface area contributed by atoms with Crippen LogP contribution in [0.3, 0.4) is 0 Å². The Hall–Kier alpha value is -1.06. The fourth-order valence-electron chi connectivity index (χ4n) is 2.66. The molecule has 0 aromatic heterocycles. The Morgan fingerprint density at radius 3 is 2.50 bits per heavy atom. The number of hydrogen-bond acceptors (Lipinski definition) is 3. The smallest absolute Gasteiger partial charge is 0.118 e. The van der Waals surface area contributed by atoms with Crippen molar-refractivity contribution in [3.63, 3.8) is 0 Å². The summed E-state index contributed by atoms with van der Waals surface area (Å²) in [6.07, 6.45) is 1.23. The van der Waals surface area contributed by atoms with Crippen LogP contribution < -0.4 is 10.1 Å². The lowest BCUT2D eigenvalue weighted by Gasteiger charge is -2.20. The SMILES string of the molecule is COc1ccc(C(C)NC2CC(C)N(C)C2)cc1. The van der Waals surface area contributed by atoms with Gasteiger partial charge in [0.15, 0.2) is 0 Å². The van der Waals surface area contributed by atoms with Crippen LogP contribution in [0, 0.1) is 0 Å². The van der Waals surface area contributed by atoms with Gasteiger partial charge in [0.25, 0.3) is 0 Å². The molecular formula is C15H24N2O. The fraction of sp³-hybridized carbons (Fsp3) is 0.600. The van der Waals surface area contributed by atoms with Gasteiger partial charge in [-0.05, 0) is 45.0 Å². The standard InChI is InChI=1S/C15H24N2O/c1-11-9-14(10-17(11)3)16-12(2)13-5-7-15(18-4)8-6-13/h5-8,11-12,14,16H,9-10H2,1-4H3.